The van der Waals surface area contributed by atoms with Gasteiger partial charge >= 0.3 is 0 Å². The van der Waals surface area contributed by atoms with Crippen LogP contribution in [0.3, 0.4) is 0 Å². The minimum atomic E-state index is 0.280. The van der Waals surface area contributed by atoms with E-state index in [-0.39, 0.29) is 6.61 Å². The molecule has 0 atom stereocenters. The van der Waals surface area contributed by atoms with E-state index in [4.69, 9.17) is 56.6 Å². The quantitative estimate of drug-likeness (QED) is 0.143. The van der Waals surface area contributed by atoms with Gasteiger partial charge in [0, 0.05) is 17.2 Å². The summed E-state index contributed by atoms with van der Waals surface area (Å²) in [5.74, 6) is 5.48. The van der Waals surface area contributed by atoms with Crippen molar-refractivity contribution in [2.24, 2.45) is 0 Å². The molecular formula is C52H63N2O12+. The molecule has 0 saturated heterocycles. The van der Waals surface area contributed by atoms with Crippen LogP contribution in [0, 0.1) is 13.8 Å². The summed E-state index contributed by atoms with van der Waals surface area (Å²) in [6.07, 6.45) is 0. The number of ether oxygens (including phenoxy) is 11. The van der Waals surface area contributed by atoms with Crippen molar-refractivity contribution in [2.75, 3.05) is 93.5 Å². The summed E-state index contributed by atoms with van der Waals surface area (Å²) in [5.41, 5.74) is 6.62. The topological polar surface area (TPSA) is 144 Å². The van der Waals surface area contributed by atoms with Crippen LogP contribution in [0.4, 0.5) is 0 Å². The first-order chi connectivity index (χ1) is 32.5. The fraction of sp³-hybridized carbons (Fsp3) is 0.365. The van der Waals surface area contributed by atoms with Crippen molar-refractivity contribution in [1.82, 2.24) is 5.16 Å². The zero-order chi connectivity index (χ0) is 46.0. The minimum Gasteiger partial charge on any atom is -0.496 e. The Kier molecular flexibility index (Phi) is 20.8. The lowest BCUT2D eigenvalue weighted by molar-refractivity contribution is -0.686. The van der Waals surface area contributed by atoms with Crippen LogP contribution < -0.4 is 38.5 Å². The Morgan fingerprint density at radius 3 is 1.38 bits per heavy atom. The highest BCUT2D eigenvalue weighted by molar-refractivity contribution is 5.74. The molecule has 6 aromatic rings. The molecule has 0 saturated carbocycles. The van der Waals surface area contributed by atoms with Gasteiger partial charge in [0.1, 0.15) is 69.1 Å². The molecule has 66 heavy (non-hydrogen) atoms. The lowest BCUT2D eigenvalue weighted by Crippen LogP contribution is -2.80. The smallest absolute Gasteiger partial charge is 0.174 e. The zero-order valence-electron chi connectivity index (χ0n) is 38.5. The van der Waals surface area contributed by atoms with Gasteiger partial charge in [-0.3, -0.25) is 0 Å². The van der Waals surface area contributed by atoms with Crippen molar-refractivity contribution in [3.8, 4) is 51.5 Å². The summed E-state index contributed by atoms with van der Waals surface area (Å²) < 4.78 is 67.6. The molecule has 352 valence electrons. The normalized spacial score (nSPS) is 14.4. The monoisotopic (exact) mass is 907 g/mol. The number of quaternary nitrogens is 1. The summed E-state index contributed by atoms with van der Waals surface area (Å²) >= 11 is 0. The van der Waals surface area contributed by atoms with Gasteiger partial charge in [-0.05, 0) is 74.5 Å². The molecular weight excluding hydrogens is 845 g/mol. The van der Waals surface area contributed by atoms with Gasteiger partial charge in [0.15, 0.2) is 28.8 Å². The Morgan fingerprint density at radius 2 is 0.924 bits per heavy atom. The second-order valence-electron chi connectivity index (χ2n) is 15.1. The summed E-state index contributed by atoms with van der Waals surface area (Å²) in [6.45, 7) is 11.9. The predicted molar refractivity (Wildman–Crippen MR) is 249 cm³/mol. The summed E-state index contributed by atoms with van der Waals surface area (Å²) in [4.78, 5) is 0. The van der Waals surface area contributed by atoms with E-state index < -0.39 is 0 Å². The Labute approximate surface area is 387 Å². The van der Waals surface area contributed by atoms with Crippen molar-refractivity contribution in [3.63, 3.8) is 0 Å². The van der Waals surface area contributed by atoms with E-state index in [0.29, 0.717) is 125 Å². The van der Waals surface area contributed by atoms with Gasteiger partial charge < -0.3 is 61.9 Å². The minimum absolute atomic E-state index is 0.280. The molecule has 7 rings (SSSR count). The number of aryl methyl sites for hydroxylation is 2. The van der Waals surface area contributed by atoms with Crippen LogP contribution in [0.2, 0.25) is 0 Å². The summed E-state index contributed by atoms with van der Waals surface area (Å²) in [6, 6.07) is 37.4. The van der Waals surface area contributed by atoms with Crippen molar-refractivity contribution in [1.29, 1.82) is 0 Å². The second kappa shape index (κ2) is 27.9. The van der Waals surface area contributed by atoms with Crippen molar-refractivity contribution in [3.05, 3.63) is 143 Å². The number of para-hydroxylation sites is 4. The Hall–Kier alpha value is -6.29. The Bertz CT molecular complexity index is 2130. The van der Waals surface area contributed by atoms with Crippen molar-refractivity contribution < 1.29 is 61.9 Å². The largest absolute Gasteiger partial charge is 0.496 e. The molecule has 0 spiro atoms. The van der Waals surface area contributed by atoms with Gasteiger partial charge in [-0.1, -0.05) is 64.8 Å². The molecule has 2 heterocycles. The van der Waals surface area contributed by atoms with E-state index in [1.165, 1.54) is 22.3 Å². The van der Waals surface area contributed by atoms with E-state index in [0.717, 1.165) is 24.4 Å². The van der Waals surface area contributed by atoms with E-state index in [9.17, 15) is 0 Å². The molecule has 0 bridgehead atoms. The SMILES string of the molecule is COc1cccc(OC)c1-c1cc(COc2ccc(C[NH2+]Cc3cc(C)cc(C)c3)cc2)on1.c1ccc2c(c1)OCCOCCOCCOc1ccccc1OCCOCCOCCO2. The molecule has 0 amide bonds. The number of rotatable bonds is 10. The van der Waals surface area contributed by atoms with E-state index in [1.54, 1.807) is 14.2 Å². The van der Waals surface area contributed by atoms with Crippen LogP contribution in [0.15, 0.2) is 120 Å². The fourth-order valence-corrected chi connectivity index (χ4v) is 6.93. The molecule has 2 N–H and O–H groups in total. The van der Waals surface area contributed by atoms with E-state index in [2.05, 4.69) is 54.7 Å². The molecule has 0 fully saturated rings. The zero-order valence-corrected chi connectivity index (χ0v) is 38.5. The number of fused-ring (bicyclic) bond motifs is 2. The fourth-order valence-electron chi connectivity index (χ4n) is 6.93. The predicted octanol–water partition coefficient (Wildman–Crippen LogP) is 7.80. The number of benzene rings is 5. The molecule has 1 aliphatic heterocycles. The maximum atomic E-state index is 5.90. The van der Waals surface area contributed by atoms with Crippen molar-refractivity contribution >= 4 is 0 Å². The molecule has 0 aliphatic carbocycles. The molecule has 14 nitrogen and oxygen atoms in total. The van der Waals surface area contributed by atoms with Crippen LogP contribution in [-0.2, 0) is 38.6 Å². The standard InChI is InChI=1S/C28H30N2O4.C24H32O8/c1-19-12-20(2)14-22(13-19)17-29-16-21-8-10-23(11-9-21)33-18-24-15-25(30-34-24)28-26(31-3)6-5-7-27(28)32-4;1-2-6-22-21(5-1)29-17-13-25-9-10-27-15-19-31-23-7-3-4-8-24(23)32-20-16-28-12-11-26-14-18-30-22/h5-15,29H,16-18H2,1-4H3;1-8H,9-20H2/p+1. The third-order valence-corrected chi connectivity index (χ3v) is 9.97. The van der Waals surface area contributed by atoms with Crippen LogP contribution in [-0.4, -0.2) is 98.7 Å². The third kappa shape index (κ3) is 16.6. The number of hydrogen-bond acceptors (Lipinski definition) is 13. The number of aromatic nitrogens is 1. The lowest BCUT2D eigenvalue weighted by Gasteiger charge is -2.14. The van der Waals surface area contributed by atoms with Crippen LogP contribution in [0.25, 0.3) is 11.3 Å². The Balaban J connectivity index is 0.000000219. The first-order valence-electron chi connectivity index (χ1n) is 22.3. The first-order valence-corrected chi connectivity index (χ1v) is 22.3. The number of methoxy groups -OCH3 is 2. The van der Waals surface area contributed by atoms with Crippen LogP contribution in [0.5, 0.6) is 40.2 Å². The summed E-state index contributed by atoms with van der Waals surface area (Å²) in [7, 11) is 3.24. The molecule has 1 aliphatic rings. The average Bonchev–Trinajstić information content (AvgIpc) is 3.81. The average molecular weight is 908 g/mol. The number of hydrogen-bond donors (Lipinski definition) is 1. The maximum absolute atomic E-state index is 5.90. The van der Waals surface area contributed by atoms with Gasteiger partial charge in [-0.25, -0.2) is 0 Å². The van der Waals surface area contributed by atoms with E-state index >= 15 is 0 Å². The maximum Gasteiger partial charge on any atom is 0.174 e. The van der Waals surface area contributed by atoms with Crippen LogP contribution in [0.1, 0.15) is 28.0 Å². The third-order valence-electron chi connectivity index (χ3n) is 9.97. The molecule has 5 aromatic carbocycles. The van der Waals surface area contributed by atoms with Gasteiger partial charge in [0.2, 0.25) is 0 Å². The van der Waals surface area contributed by atoms with Crippen LogP contribution >= 0.6 is 0 Å². The second-order valence-corrected chi connectivity index (χ2v) is 15.1. The highest BCUT2D eigenvalue weighted by Crippen LogP contribution is 2.38. The van der Waals surface area contributed by atoms with Gasteiger partial charge in [-0.15, -0.1) is 0 Å². The van der Waals surface area contributed by atoms with Gasteiger partial charge in [0.25, 0.3) is 0 Å². The number of nitrogens with zero attached hydrogens (tertiary/aromatic N) is 1. The van der Waals surface area contributed by atoms with Crippen molar-refractivity contribution in [2.45, 2.75) is 33.5 Å². The van der Waals surface area contributed by atoms with Gasteiger partial charge in [0.05, 0.1) is 72.6 Å². The molecule has 14 heteroatoms. The molecule has 0 unspecified atom stereocenters. The molecule has 1 aromatic heterocycles. The van der Waals surface area contributed by atoms with Gasteiger partial charge in [-0.2, -0.15) is 0 Å². The lowest BCUT2D eigenvalue weighted by atomic mass is 10.1. The highest BCUT2D eigenvalue weighted by Gasteiger charge is 2.17. The molecule has 0 radical (unpaired) electrons. The Morgan fingerprint density at radius 1 is 0.485 bits per heavy atom. The summed E-state index contributed by atoms with van der Waals surface area (Å²) in [5, 5.41) is 6.49. The first kappa shape index (κ1) is 49.2. The van der Waals surface area contributed by atoms with E-state index in [1.807, 2.05) is 84.9 Å². The highest BCUT2D eigenvalue weighted by atomic mass is 16.6. The number of nitrogens with two attached hydrogens (primary N) is 1.